The lowest BCUT2D eigenvalue weighted by Gasteiger charge is -2.19. The first-order valence-corrected chi connectivity index (χ1v) is 24.2. The average molecular weight is 814 g/mol. The highest BCUT2D eigenvalue weighted by atomic mass is 16.3. The van der Waals surface area contributed by atoms with Crippen LogP contribution in [0.4, 0.5) is 0 Å². The van der Waals surface area contributed by atoms with E-state index in [-0.39, 0.29) is 12.5 Å². The Kier molecular flexibility index (Phi) is 46.5. The van der Waals surface area contributed by atoms with Crippen molar-refractivity contribution in [2.24, 2.45) is 0 Å². The molecule has 2 atom stereocenters. The minimum absolute atomic E-state index is 0.140. The lowest BCUT2D eigenvalue weighted by Crippen LogP contribution is -2.45. The second-order valence-corrected chi connectivity index (χ2v) is 15.8. The van der Waals surface area contributed by atoms with Crippen LogP contribution in [0, 0.1) is 0 Å². The Morgan fingerprint density at radius 2 is 0.763 bits per heavy atom. The van der Waals surface area contributed by atoms with E-state index in [1.54, 1.807) is 6.08 Å². The summed E-state index contributed by atoms with van der Waals surface area (Å²) in [6.07, 6.45) is 76.1. The second-order valence-electron chi connectivity index (χ2n) is 15.8. The van der Waals surface area contributed by atoms with Crippen LogP contribution >= 0.6 is 0 Å². The number of aliphatic hydroxyl groups is 2. The fraction of sp³-hybridized carbons (Fsp3) is 0.618. The monoisotopic (exact) mass is 814 g/mol. The van der Waals surface area contributed by atoms with Crippen molar-refractivity contribution in [3.63, 3.8) is 0 Å². The lowest BCUT2D eigenvalue weighted by atomic mass is 10.0. The van der Waals surface area contributed by atoms with Gasteiger partial charge in [0.25, 0.3) is 0 Å². The second kappa shape index (κ2) is 49.2. The third kappa shape index (κ3) is 45.7. The Bertz CT molecular complexity index is 1200. The number of nitrogens with one attached hydrogen (secondary N) is 1. The van der Waals surface area contributed by atoms with Crippen LogP contribution in [0.2, 0.25) is 0 Å². The molecule has 0 aromatic rings. The summed E-state index contributed by atoms with van der Waals surface area (Å²) < 4.78 is 0. The minimum atomic E-state index is -0.904. The molecule has 0 aliphatic carbocycles. The summed E-state index contributed by atoms with van der Waals surface area (Å²) in [5.74, 6) is -0.140. The fourth-order valence-corrected chi connectivity index (χ4v) is 6.49. The van der Waals surface area contributed by atoms with Crippen LogP contribution < -0.4 is 5.32 Å². The standard InChI is InChI=1S/C55H91NO3/c1-3-5-7-9-11-13-15-17-19-21-23-25-27-29-30-32-34-36-38-40-42-44-46-48-50-54(58)53(52-57)56-55(59)51-49-47-45-43-41-39-37-35-33-31-28-26-24-22-20-18-16-14-12-10-8-6-4-2/h6,8,12,14,18,20,24,26,31-34,37,39-40,42-43,45,48,50,53-54,57-58H,3-5,7,9-11,13,15-17,19,21-23,25,27-30,35-36,38,41,44,46-47,49,51-52H2,1-2H3,(H,56,59)/b8-6-,14-12-,20-18-,26-24-,33-31-,34-32+,39-37-,42-40+,45-43-,50-48+. The van der Waals surface area contributed by atoms with Gasteiger partial charge < -0.3 is 15.5 Å². The minimum Gasteiger partial charge on any atom is -0.394 e. The molecule has 0 aromatic heterocycles. The van der Waals surface area contributed by atoms with E-state index in [2.05, 4.69) is 129 Å². The normalized spacial score (nSPS) is 14.0. The molecule has 0 aromatic carbocycles. The molecule has 0 spiro atoms. The molecule has 4 nitrogen and oxygen atoms in total. The summed E-state index contributed by atoms with van der Waals surface area (Å²) in [6, 6.07) is -0.686. The number of hydrogen-bond acceptors (Lipinski definition) is 3. The van der Waals surface area contributed by atoms with Crippen LogP contribution in [-0.4, -0.2) is 34.9 Å². The van der Waals surface area contributed by atoms with E-state index in [0.717, 1.165) is 83.5 Å². The van der Waals surface area contributed by atoms with Gasteiger partial charge in [0.2, 0.25) is 5.91 Å². The van der Waals surface area contributed by atoms with Crippen molar-refractivity contribution < 1.29 is 15.0 Å². The zero-order chi connectivity index (χ0) is 42.8. The zero-order valence-electron chi connectivity index (χ0n) is 38.2. The van der Waals surface area contributed by atoms with Gasteiger partial charge in [0.1, 0.15) is 0 Å². The van der Waals surface area contributed by atoms with Gasteiger partial charge in [-0.05, 0) is 96.3 Å². The first kappa shape index (κ1) is 55.8. The van der Waals surface area contributed by atoms with E-state index < -0.39 is 12.1 Å². The predicted molar refractivity (Wildman–Crippen MR) is 262 cm³/mol. The summed E-state index contributed by atoms with van der Waals surface area (Å²) >= 11 is 0. The summed E-state index contributed by atoms with van der Waals surface area (Å²) in [7, 11) is 0. The molecule has 0 saturated heterocycles. The van der Waals surface area contributed by atoms with E-state index in [9.17, 15) is 15.0 Å². The molecule has 0 fully saturated rings. The molecule has 59 heavy (non-hydrogen) atoms. The van der Waals surface area contributed by atoms with Crippen LogP contribution in [0.1, 0.15) is 200 Å². The van der Waals surface area contributed by atoms with Gasteiger partial charge in [0.15, 0.2) is 0 Å². The van der Waals surface area contributed by atoms with Crippen molar-refractivity contribution >= 4 is 5.91 Å². The topological polar surface area (TPSA) is 69.6 Å². The number of rotatable bonds is 42. The largest absolute Gasteiger partial charge is 0.394 e. The first-order chi connectivity index (χ1) is 29.2. The molecular formula is C55H91NO3. The number of aliphatic hydroxyl groups excluding tert-OH is 2. The quantitative estimate of drug-likeness (QED) is 0.0425. The van der Waals surface area contributed by atoms with Gasteiger partial charge in [0, 0.05) is 6.42 Å². The molecule has 0 saturated carbocycles. The number of amides is 1. The van der Waals surface area contributed by atoms with Gasteiger partial charge in [-0.2, -0.15) is 0 Å². The molecule has 2 unspecified atom stereocenters. The Hall–Kier alpha value is -3.21. The Morgan fingerprint density at radius 3 is 1.19 bits per heavy atom. The Balaban J connectivity index is 3.78. The molecule has 0 bridgehead atoms. The van der Waals surface area contributed by atoms with Crippen molar-refractivity contribution in [1.82, 2.24) is 5.32 Å². The number of carbonyl (C=O) groups excluding carboxylic acids is 1. The molecule has 3 N–H and O–H groups in total. The van der Waals surface area contributed by atoms with Gasteiger partial charge in [-0.3, -0.25) is 4.79 Å². The van der Waals surface area contributed by atoms with Crippen LogP contribution in [0.3, 0.4) is 0 Å². The van der Waals surface area contributed by atoms with Gasteiger partial charge in [-0.25, -0.2) is 0 Å². The molecular weight excluding hydrogens is 723 g/mol. The first-order valence-electron chi connectivity index (χ1n) is 24.2. The van der Waals surface area contributed by atoms with Crippen LogP contribution in [0.15, 0.2) is 122 Å². The zero-order valence-corrected chi connectivity index (χ0v) is 38.2. The molecule has 0 radical (unpaired) electrons. The van der Waals surface area contributed by atoms with E-state index in [1.807, 2.05) is 6.08 Å². The lowest BCUT2D eigenvalue weighted by molar-refractivity contribution is -0.122. The molecule has 0 aliphatic rings. The van der Waals surface area contributed by atoms with Crippen LogP contribution in [0.5, 0.6) is 0 Å². The number of carbonyl (C=O) groups is 1. The molecule has 4 heteroatoms. The summed E-state index contributed by atoms with van der Waals surface area (Å²) in [4.78, 5) is 12.4. The van der Waals surface area contributed by atoms with E-state index in [0.29, 0.717) is 6.42 Å². The SMILES string of the molecule is CC/C=C\C/C=C\C/C=C\C/C=C\C/C=C\C/C=C\C/C=C\CCCC(=O)NC(CO)C(O)/C=C/CC/C=C/CC/C=C/CCCCCCCCCCCCCCCC. The van der Waals surface area contributed by atoms with Crippen molar-refractivity contribution in [3.8, 4) is 0 Å². The van der Waals surface area contributed by atoms with E-state index in [1.165, 1.54) is 96.3 Å². The molecule has 334 valence electrons. The fourth-order valence-electron chi connectivity index (χ4n) is 6.49. The Labute approximate surface area is 365 Å². The van der Waals surface area contributed by atoms with Crippen LogP contribution in [0.25, 0.3) is 0 Å². The van der Waals surface area contributed by atoms with Crippen molar-refractivity contribution in [1.29, 1.82) is 0 Å². The highest BCUT2D eigenvalue weighted by molar-refractivity contribution is 5.76. The average Bonchev–Trinajstić information content (AvgIpc) is 3.24. The maximum atomic E-state index is 12.4. The number of allylic oxidation sites excluding steroid dienone is 19. The van der Waals surface area contributed by atoms with Crippen molar-refractivity contribution in [2.75, 3.05) is 6.61 Å². The highest BCUT2D eigenvalue weighted by Gasteiger charge is 2.17. The predicted octanol–water partition coefficient (Wildman–Crippen LogP) is 15.7. The third-order valence-corrected chi connectivity index (χ3v) is 10.2. The van der Waals surface area contributed by atoms with Crippen molar-refractivity contribution in [2.45, 2.75) is 212 Å². The Morgan fingerprint density at radius 1 is 0.424 bits per heavy atom. The molecule has 0 heterocycles. The maximum Gasteiger partial charge on any atom is 0.220 e. The smallest absolute Gasteiger partial charge is 0.220 e. The van der Waals surface area contributed by atoms with Gasteiger partial charge >= 0.3 is 0 Å². The van der Waals surface area contributed by atoms with E-state index in [4.69, 9.17) is 0 Å². The van der Waals surface area contributed by atoms with Crippen molar-refractivity contribution in [3.05, 3.63) is 122 Å². The summed E-state index contributed by atoms with van der Waals surface area (Å²) in [6.45, 7) is 4.15. The number of unbranched alkanes of at least 4 members (excludes halogenated alkanes) is 17. The number of hydrogen-bond donors (Lipinski definition) is 3. The van der Waals surface area contributed by atoms with Crippen LogP contribution in [-0.2, 0) is 4.79 Å². The third-order valence-electron chi connectivity index (χ3n) is 10.2. The summed E-state index contributed by atoms with van der Waals surface area (Å²) in [5.41, 5.74) is 0. The molecule has 0 aliphatic heterocycles. The van der Waals surface area contributed by atoms with E-state index >= 15 is 0 Å². The maximum absolute atomic E-state index is 12.4. The highest BCUT2D eigenvalue weighted by Crippen LogP contribution is 2.14. The summed E-state index contributed by atoms with van der Waals surface area (Å²) in [5, 5.41) is 23.0. The van der Waals surface area contributed by atoms with Gasteiger partial charge in [-0.1, -0.05) is 219 Å². The molecule has 1 amide bonds. The van der Waals surface area contributed by atoms with Gasteiger partial charge in [-0.15, -0.1) is 0 Å². The molecule has 0 rings (SSSR count). The van der Waals surface area contributed by atoms with Gasteiger partial charge in [0.05, 0.1) is 18.8 Å².